The summed E-state index contributed by atoms with van der Waals surface area (Å²) in [4.78, 5) is 38.1. The average molecular weight is 924 g/mol. The fraction of sp³-hybridized carbons (Fsp3) is 0.783. The summed E-state index contributed by atoms with van der Waals surface area (Å²) in [5, 5.41) is 0. The minimum atomic E-state index is -0.787. The molecular formula is C60H106O6. The van der Waals surface area contributed by atoms with Gasteiger partial charge in [0.15, 0.2) is 6.10 Å². The molecule has 0 bridgehead atoms. The molecule has 6 nitrogen and oxygen atoms in total. The first kappa shape index (κ1) is 63.1. The molecule has 0 saturated carbocycles. The highest BCUT2D eigenvalue weighted by atomic mass is 16.6. The average Bonchev–Trinajstić information content (AvgIpc) is 3.31. The Bertz CT molecular complexity index is 1200. The molecule has 6 heteroatoms. The number of carbonyl (C=O) groups excluding carboxylic acids is 3. The van der Waals surface area contributed by atoms with Crippen molar-refractivity contribution in [1.82, 2.24) is 0 Å². The zero-order valence-corrected chi connectivity index (χ0v) is 43.7. The second kappa shape index (κ2) is 54.7. The van der Waals surface area contributed by atoms with Crippen LogP contribution in [0.3, 0.4) is 0 Å². The molecule has 0 unspecified atom stereocenters. The number of carbonyl (C=O) groups is 3. The lowest BCUT2D eigenvalue weighted by atomic mass is 10.0. The summed E-state index contributed by atoms with van der Waals surface area (Å²) in [6, 6.07) is 0. The molecule has 0 aliphatic heterocycles. The molecule has 0 aromatic heterocycles. The second-order valence-electron chi connectivity index (χ2n) is 18.8. The lowest BCUT2D eigenvalue weighted by Gasteiger charge is -2.18. The van der Waals surface area contributed by atoms with Crippen molar-refractivity contribution in [3.63, 3.8) is 0 Å². The van der Waals surface area contributed by atoms with Gasteiger partial charge in [0.05, 0.1) is 0 Å². The van der Waals surface area contributed by atoms with Crippen molar-refractivity contribution in [1.29, 1.82) is 0 Å². The first-order chi connectivity index (χ1) is 32.5. The molecule has 0 aromatic rings. The van der Waals surface area contributed by atoms with Crippen LogP contribution in [0.5, 0.6) is 0 Å². The predicted octanol–water partition coefficient (Wildman–Crippen LogP) is 18.8. The fourth-order valence-electron chi connectivity index (χ4n) is 7.95. The van der Waals surface area contributed by atoms with Crippen molar-refractivity contribution < 1.29 is 28.6 Å². The third-order valence-electron chi connectivity index (χ3n) is 12.2. The Balaban J connectivity index is 4.42. The van der Waals surface area contributed by atoms with Crippen molar-refractivity contribution in [3.8, 4) is 0 Å². The maximum atomic E-state index is 12.8. The minimum Gasteiger partial charge on any atom is -0.462 e. The zero-order valence-electron chi connectivity index (χ0n) is 43.7. The number of ether oxygens (including phenoxy) is 3. The van der Waals surface area contributed by atoms with Crippen molar-refractivity contribution in [3.05, 3.63) is 60.8 Å². The van der Waals surface area contributed by atoms with Gasteiger partial charge >= 0.3 is 17.9 Å². The first-order valence-electron chi connectivity index (χ1n) is 28.3. The standard InChI is InChI=1S/C60H106O6/c1-4-7-10-13-16-19-22-25-28-30-33-35-38-41-44-47-50-53-59(62)65-56-57(55-64-58(61)52-49-46-43-40-37-34-31-27-24-21-18-15-12-9-6-3)66-60(63)54-51-48-45-42-39-36-32-29-26-23-20-17-14-11-8-5-2/h16,18-19,21,25,27-28,31,33,35,57H,4-15,17,20,22-24,26,29-30,32,34,36-56H2,1-3H3/b19-16+,21-18+,28-25+,31-27+,35-33+/t57-/m1/s1. The normalized spacial score (nSPS) is 12.5. The number of hydrogen-bond donors (Lipinski definition) is 0. The number of unbranched alkanes of at least 4 members (excludes halogenated alkanes) is 30. The maximum absolute atomic E-state index is 12.8. The van der Waals surface area contributed by atoms with Crippen LogP contribution in [0, 0.1) is 0 Å². The Morgan fingerprint density at radius 1 is 0.303 bits per heavy atom. The fourth-order valence-corrected chi connectivity index (χ4v) is 7.95. The number of esters is 3. The lowest BCUT2D eigenvalue weighted by molar-refractivity contribution is -0.167. The third kappa shape index (κ3) is 52.1. The van der Waals surface area contributed by atoms with Crippen molar-refractivity contribution in [2.45, 2.75) is 290 Å². The van der Waals surface area contributed by atoms with E-state index in [4.69, 9.17) is 14.2 Å². The van der Waals surface area contributed by atoms with Crippen molar-refractivity contribution in [2.75, 3.05) is 13.2 Å². The van der Waals surface area contributed by atoms with Gasteiger partial charge in [0.1, 0.15) is 13.2 Å². The molecule has 0 amide bonds. The Labute approximate surface area is 409 Å². The van der Waals surface area contributed by atoms with Gasteiger partial charge in [-0.1, -0.05) is 236 Å². The van der Waals surface area contributed by atoms with E-state index in [-0.39, 0.29) is 31.1 Å². The molecule has 0 radical (unpaired) electrons. The predicted molar refractivity (Wildman–Crippen MR) is 284 cm³/mol. The topological polar surface area (TPSA) is 78.9 Å². The van der Waals surface area contributed by atoms with Gasteiger partial charge in [-0.15, -0.1) is 0 Å². The van der Waals surface area contributed by atoms with E-state index in [9.17, 15) is 14.4 Å². The Morgan fingerprint density at radius 3 is 0.879 bits per heavy atom. The summed E-state index contributed by atoms with van der Waals surface area (Å²) < 4.78 is 16.8. The molecule has 0 aliphatic carbocycles. The summed E-state index contributed by atoms with van der Waals surface area (Å²) >= 11 is 0. The molecule has 0 aliphatic rings. The van der Waals surface area contributed by atoms with E-state index in [1.54, 1.807) is 0 Å². The second-order valence-corrected chi connectivity index (χ2v) is 18.8. The van der Waals surface area contributed by atoms with Gasteiger partial charge in [0.25, 0.3) is 0 Å². The number of rotatable bonds is 51. The summed E-state index contributed by atoms with van der Waals surface area (Å²) in [5.74, 6) is -0.910. The molecule has 0 fully saturated rings. The first-order valence-corrected chi connectivity index (χ1v) is 28.3. The zero-order chi connectivity index (χ0) is 47.9. The van der Waals surface area contributed by atoms with E-state index in [1.165, 1.54) is 141 Å². The highest BCUT2D eigenvalue weighted by Crippen LogP contribution is 2.16. The Hall–Kier alpha value is -2.89. The van der Waals surface area contributed by atoms with E-state index in [1.807, 2.05) is 0 Å². The van der Waals surface area contributed by atoms with Gasteiger partial charge in [-0.3, -0.25) is 14.4 Å². The Kier molecular flexibility index (Phi) is 52.3. The summed E-state index contributed by atoms with van der Waals surface area (Å²) in [5.41, 5.74) is 0. The van der Waals surface area contributed by atoms with E-state index < -0.39 is 6.10 Å². The molecule has 0 heterocycles. The molecular weight excluding hydrogens is 817 g/mol. The summed E-state index contributed by atoms with van der Waals surface area (Å²) in [6.45, 7) is 6.58. The van der Waals surface area contributed by atoms with E-state index in [0.29, 0.717) is 19.3 Å². The van der Waals surface area contributed by atoms with Gasteiger partial charge in [-0.25, -0.2) is 0 Å². The quantitative estimate of drug-likeness (QED) is 0.0262. The molecule has 0 rings (SSSR count). The van der Waals surface area contributed by atoms with Crippen LogP contribution in [0.1, 0.15) is 284 Å². The highest BCUT2D eigenvalue weighted by Gasteiger charge is 2.19. The van der Waals surface area contributed by atoms with Crippen LogP contribution in [0.2, 0.25) is 0 Å². The van der Waals surface area contributed by atoms with Crippen LogP contribution in [0.15, 0.2) is 60.8 Å². The molecule has 0 spiro atoms. The Morgan fingerprint density at radius 2 is 0.545 bits per heavy atom. The van der Waals surface area contributed by atoms with E-state index in [2.05, 4.69) is 81.5 Å². The van der Waals surface area contributed by atoms with Crippen molar-refractivity contribution in [2.24, 2.45) is 0 Å². The molecule has 382 valence electrons. The third-order valence-corrected chi connectivity index (χ3v) is 12.2. The molecule has 1 atom stereocenters. The van der Waals surface area contributed by atoms with Crippen LogP contribution in [-0.4, -0.2) is 37.2 Å². The van der Waals surface area contributed by atoms with E-state index in [0.717, 1.165) is 103 Å². The minimum absolute atomic E-state index is 0.0867. The monoisotopic (exact) mass is 923 g/mol. The molecule has 0 saturated heterocycles. The summed E-state index contributed by atoms with van der Waals surface area (Å²) in [6.07, 6.45) is 67.7. The summed E-state index contributed by atoms with van der Waals surface area (Å²) in [7, 11) is 0. The SMILES string of the molecule is CCCCC/C=C/C/C=C/C/C=C/CCCCCCC(=O)OC[C@@H](COC(=O)CCCCCCC/C=C/C/C=C/CCCCC)OC(=O)CCCCCCCCCCCCCCCCCC. The van der Waals surface area contributed by atoms with Crippen LogP contribution < -0.4 is 0 Å². The van der Waals surface area contributed by atoms with E-state index >= 15 is 0 Å². The molecule has 0 aromatic carbocycles. The molecule has 0 N–H and O–H groups in total. The van der Waals surface area contributed by atoms with Gasteiger partial charge in [-0.2, -0.15) is 0 Å². The largest absolute Gasteiger partial charge is 0.462 e. The van der Waals surface area contributed by atoms with Gasteiger partial charge in [0.2, 0.25) is 0 Å². The number of hydrogen-bond acceptors (Lipinski definition) is 6. The van der Waals surface area contributed by atoms with Gasteiger partial charge < -0.3 is 14.2 Å². The van der Waals surface area contributed by atoms with Crippen LogP contribution in [-0.2, 0) is 28.6 Å². The van der Waals surface area contributed by atoms with Crippen LogP contribution >= 0.6 is 0 Å². The highest BCUT2D eigenvalue weighted by molar-refractivity contribution is 5.71. The van der Waals surface area contributed by atoms with Gasteiger partial charge in [-0.05, 0) is 89.9 Å². The molecule has 66 heavy (non-hydrogen) atoms. The van der Waals surface area contributed by atoms with Crippen LogP contribution in [0.4, 0.5) is 0 Å². The van der Waals surface area contributed by atoms with Crippen molar-refractivity contribution >= 4 is 17.9 Å². The maximum Gasteiger partial charge on any atom is 0.306 e. The number of allylic oxidation sites excluding steroid dienone is 10. The smallest absolute Gasteiger partial charge is 0.306 e. The lowest BCUT2D eigenvalue weighted by Crippen LogP contribution is -2.30. The van der Waals surface area contributed by atoms with Crippen LogP contribution in [0.25, 0.3) is 0 Å². The van der Waals surface area contributed by atoms with Gasteiger partial charge in [0, 0.05) is 19.3 Å².